The molecule has 2 aliphatic heterocycles. The fourth-order valence-electron chi connectivity index (χ4n) is 3.03. The average Bonchev–Trinajstić information content (AvgIpc) is 2.88. The molecule has 2 aliphatic rings. The van der Waals surface area contributed by atoms with Gasteiger partial charge in [0.15, 0.2) is 0 Å². The van der Waals surface area contributed by atoms with Crippen LogP contribution in [0.1, 0.15) is 24.8 Å². The molecular weight excluding hydrogens is 256 g/mol. The van der Waals surface area contributed by atoms with Crippen LogP contribution in [0, 0.1) is 0 Å². The van der Waals surface area contributed by atoms with Gasteiger partial charge < -0.3 is 10.1 Å². The van der Waals surface area contributed by atoms with Gasteiger partial charge in [-0.05, 0) is 49.6 Å². The fourth-order valence-corrected chi connectivity index (χ4v) is 4.41. The lowest BCUT2D eigenvalue weighted by atomic mass is 9.90. The van der Waals surface area contributed by atoms with Gasteiger partial charge in [0.25, 0.3) is 0 Å². The summed E-state index contributed by atoms with van der Waals surface area (Å²) in [6.07, 6.45) is 8.43. The number of hydrogen-bond donors (Lipinski definition) is 1. The highest BCUT2D eigenvalue weighted by Crippen LogP contribution is 2.38. The molecule has 0 bridgehead atoms. The van der Waals surface area contributed by atoms with Gasteiger partial charge in [-0.1, -0.05) is 6.07 Å². The number of ether oxygens (including phenoxy) is 1. The number of pyridine rings is 1. The van der Waals surface area contributed by atoms with E-state index < -0.39 is 0 Å². The highest BCUT2D eigenvalue weighted by Gasteiger charge is 2.40. The average molecular weight is 278 g/mol. The second-order valence-electron chi connectivity index (χ2n) is 5.59. The van der Waals surface area contributed by atoms with Crippen molar-refractivity contribution in [2.45, 2.75) is 37.3 Å². The van der Waals surface area contributed by atoms with Gasteiger partial charge in [0.1, 0.15) is 0 Å². The Morgan fingerprint density at radius 2 is 2.53 bits per heavy atom. The molecule has 1 aromatic heterocycles. The van der Waals surface area contributed by atoms with Crippen molar-refractivity contribution in [2.75, 3.05) is 24.7 Å². The van der Waals surface area contributed by atoms with Crippen LogP contribution < -0.4 is 5.32 Å². The summed E-state index contributed by atoms with van der Waals surface area (Å²) >= 11 is 2.04. The monoisotopic (exact) mass is 278 g/mol. The van der Waals surface area contributed by atoms with E-state index in [0.29, 0.717) is 6.04 Å². The third-order valence-corrected chi connectivity index (χ3v) is 5.35. The molecule has 1 N–H and O–H groups in total. The summed E-state index contributed by atoms with van der Waals surface area (Å²) in [5, 5.41) is 3.70. The van der Waals surface area contributed by atoms with Gasteiger partial charge in [0, 0.05) is 30.8 Å². The number of thioether (sulfide) groups is 1. The molecule has 104 valence electrons. The predicted octanol–water partition coefficient (Wildman–Crippen LogP) is 2.27. The first-order valence-corrected chi connectivity index (χ1v) is 8.36. The first kappa shape index (κ1) is 13.4. The Bertz CT molecular complexity index is 392. The lowest BCUT2D eigenvalue weighted by Gasteiger charge is -2.38. The molecule has 2 unspecified atom stereocenters. The van der Waals surface area contributed by atoms with E-state index in [1.807, 2.05) is 30.2 Å². The maximum Gasteiger partial charge on any atom is 0.0795 e. The van der Waals surface area contributed by atoms with Crippen molar-refractivity contribution in [1.29, 1.82) is 0 Å². The molecule has 19 heavy (non-hydrogen) atoms. The summed E-state index contributed by atoms with van der Waals surface area (Å²) in [6.45, 7) is 1.96. The minimum Gasteiger partial charge on any atom is -0.374 e. The van der Waals surface area contributed by atoms with E-state index in [1.54, 1.807) is 0 Å². The van der Waals surface area contributed by atoms with E-state index in [0.717, 1.165) is 26.0 Å². The van der Waals surface area contributed by atoms with Crippen LogP contribution in [0.5, 0.6) is 0 Å². The molecule has 2 saturated heterocycles. The minimum absolute atomic E-state index is 0.189. The van der Waals surface area contributed by atoms with Crippen molar-refractivity contribution in [3.05, 3.63) is 30.1 Å². The minimum atomic E-state index is 0.189. The fraction of sp³-hybridized carbons (Fsp3) is 0.667. The molecule has 4 heteroatoms. The largest absolute Gasteiger partial charge is 0.374 e. The van der Waals surface area contributed by atoms with E-state index in [-0.39, 0.29) is 5.60 Å². The third kappa shape index (κ3) is 3.50. The van der Waals surface area contributed by atoms with Crippen molar-refractivity contribution in [1.82, 2.24) is 10.3 Å². The summed E-state index contributed by atoms with van der Waals surface area (Å²) in [6, 6.07) is 4.78. The topological polar surface area (TPSA) is 34.2 Å². The smallest absolute Gasteiger partial charge is 0.0795 e. The van der Waals surface area contributed by atoms with Crippen LogP contribution in [0.3, 0.4) is 0 Å². The van der Waals surface area contributed by atoms with E-state index >= 15 is 0 Å². The molecule has 3 nitrogen and oxygen atoms in total. The van der Waals surface area contributed by atoms with Gasteiger partial charge in [0.2, 0.25) is 0 Å². The van der Waals surface area contributed by atoms with E-state index in [4.69, 9.17) is 4.74 Å². The summed E-state index contributed by atoms with van der Waals surface area (Å²) in [7, 11) is 0. The van der Waals surface area contributed by atoms with Crippen LogP contribution in [0.4, 0.5) is 0 Å². The van der Waals surface area contributed by atoms with Crippen LogP contribution in [0.25, 0.3) is 0 Å². The normalized spacial score (nSPS) is 30.8. The van der Waals surface area contributed by atoms with Crippen molar-refractivity contribution < 1.29 is 4.74 Å². The van der Waals surface area contributed by atoms with E-state index in [9.17, 15) is 0 Å². The third-order valence-electron chi connectivity index (χ3n) is 4.13. The second kappa shape index (κ2) is 6.25. The zero-order valence-electron chi connectivity index (χ0n) is 11.3. The SMILES string of the molecule is c1cncc(CCNC2CCOC3(CCSC3)C2)c1. The molecule has 0 saturated carbocycles. The highest BCUT2D eigenvalue weighted by atomic mass is 32.2. The Balaban J connectivity index is 1.45. The number of nitrogens with one attached hydrogen (secondary N) is 1. The molecule has 3 heterocycles. The Kier molecular flexibility index (Phi) is 4.41. The Hall–Kier alpha value is -0.580. The molecule has 2 fully saturated rings. The van der Waals surface area contributed by atoms with Gasteiger partial charge in [-0.3, -0.25) is 4.98 Å². The molecule has 3 rings (SSSR count). The quantitative estimate of drug-likeness (QED) is 0.916. The van der Waals surface area contributed by atoms with Crippen LogP contribution in [0.2, 0.25) is 0 Å². The van der Waals surface area contributed by atoms with Crippen LogP contribution in [-0.2, 0) is 11.2 Å². The first-order chi connectivity index (χ1) is 9.36. The zero-order chi connectivity index (χ0) is 13.0. The van der Waals surface area contributed by atoms with Gasteiger partial charge in [-0.15, -0.1) is 0 Å². The van der Waals surface area contributed by atoms with Crippen LogP contribution >= 0.6 is 11.8 Å². The highest BCUT2D eigenvalue weighted by molar-refractivity contribution is 7.99. The maximum absolute atomic E-state index is 6.05. The molecule has 0 aromatic carbocycles. The Labute approximate surface area is 119 Å². The van der Waals surface area contributed by atoms with Gasteiger partial charge in [0.05, 0.1) is 5.60 Å². The summed E-state index contributed by atoms with van der Waals surface area (Å²) < 4.78 is 6.05. The number of aromatic nitrogens is 1. The van der Waals surface area contributed by atoms with E-state index in [2.05, 4.69) is 16.4 Å². The van der Waals surface area contributed by atoms with Gasteiger partial charge in [-0.2, -0.15) is 11.8 Å². The van der Waals surface area contributed by atoms with Crippen molar-refractivity contribution >= 4 is 11.8 Å². The van der Waals surface area contributed by atoms with Crippen molar-refractivity contribution in [3.8, 4) is 0 Å². The molecule has 1 spiro atoms. The van der Waals surface area contributed by atoms with Gasteiger partial charge >= 0.3 is 0 Å². The first-order valence-electron chi connectivity index (χ1n) is 7.20. The number of rotatable bonds is 4. The lowest BCUT2D eigenvalue weighted by molar-refractivity contribution is -0.0699. The second-order valence-corrected chi connectivity index (χ2v) is 6.69. The molecule has 1 aromatic rings. The molecule has 0 radical (unpaired) electrons. The zero-order valence-corrected chi connectivity index (χ0v) is 12.1. The van der Waals surface area contributed by atoms with Crippen molar-refractivity contribution in [3.63, 3.8) is 0 Å². The Morgan fingerprint density at radius 1 is 1.53 bits per heavy atom. The standard InChI is InChI=1S/C15H22N2OS/c1-2-13(11-16-6-1)3-7-17-14-4-8-18-15(10-14)5-9-19-12-15/h1-2,6,11,14,17H,3-5,7-10,12H2. The molecule has 2 atom stereocenters. The number of hydrogen-bond acceptors (Lipinski definition) is 4. The summed E-state index contributed by atoms with van der Waals surface area (Å²) in [4.78, 5) is 4.16. The van der Waals surface area contributed by atoms with E-state index in [1.165, 1.54) is 29.9 Å². The van der Waals surface area contributed by atoms with Crippen LogP contribution in [0.15, 0.2) is 24.5 Å². The predicted molar refractivity (Wildman–Crippen MR) is 79.6 cm³/mol. The van der Waals surface area contributed by atoms with Crippen LogP contribution in [-0.4, -0.2) is 41.3 Å². The Morgan fingerprint density at radius 3 is 3.32 bits per heavy atom. The summed E-state index contributed by atoms with van der Waals surface area (Å²) in [5.74, 6) is 2.45. The molecule has 0 amide bonds. The number of nitrogens with zero attached hydrogens (tertiary/aromatic N) is 1. The molecular formula is C15H22N2OS. The van der Waals surface area contributed by atoms with Gasteiger partial charge in [-0.25, -0.2) is 0 Å². The maximum atomic E-state index is 6.05. The molecule has 0 aliphatic carbocycles. The van der Waals surface area contributed by atoms with Crippen molar-refractivity contribution in [2.24, 2.45) is 0 Å². The lowest BCUT2D eigenvalue weighted by Crippen LogP contribution is -2.47. The summed E-state index contributed by atoms with van der Waals surface area (Å²) in [5.41, 5.74) is 1.50.